The molecule has 0 aliphatic carbocycles. The predicted octanol–water partition coefficient (Wildman–Crippen LogP) is 0.292. The lowest BCUT2D eigenvalue weighted by Gasteiger charge is -2.08. The first-order valence-corrected chi connectivity index (χ1v) is 6.02. The molecule has 0 atom stereocenters. The van der Waals surface area contributed by atoms with E-state index in [4.69, 9.17) is 15.2 Å². The van der Waals surface area contributed by atoms with E-state index in [1.165, 1.54) is 20.3 Å². The second-order valence-corrected chi connectivity index (χ2v) is 4.37. The minimum atomic E-state index is -0.667. The van der Waals surface area contributed by atoms with E-state index < -0.39 is 5.91 Å². The van der Waals surface area contributed by atoms with Gasteiger partial charge in [-0.2, -0.15) is 0 Å². The number of carbonyl (C=O) groups is 1. The number of ether oxygens (including phenoxy) is 2. The van der Waals surface area contributed by atoms with E-state index in [-0.39, 0.29) is 11.3 Å². The van der Waals surface area contributed by atoms with Gasteiger partial charge in [0.2, 0.25) is 0 Å². The molecule has 0 spiro atoms. The summed E-state index contributed by atoms with van der Waals surface area (Å²) in [4.78, 5) is 27.9. The highest BCUT2D eigenvalue weighted by Gasteiger charge is 2.14. The SMILES string of the molecule is COc1cc2nc3cc(C(N)=O)[nH]n3c(=O)c2cc1OC. The van der Waals surface area contributed by atoms with Crippen LogP contribution in [0.5, 0.6) is 11.5 Å². The van der Waals surface area contributed by atoms with Gasteiger partial charge in [-0.1, -0.05) is 0 Å². The quantitative estimate of drug-likeness (QED) is 0.719. The van der Waals surface area contributed by atoms with Crippen LogP contribution in [-0.2, 0) is 0 Å². The number of nitrogens with two attached hydrogens (primary N) is 1. The number of nitrogens with one attached hydrogen (secondary N) is 1. The molecule has 21 heavy (non-hydrogen) atoms. The van der Waals surface area contributed by atoms with Crippen LogP contribution in [0.2, 0.25) is 0 Å². The van der Waals surface area contributed by atoms with E-state index in [0.717, 1.165) is 4.52 Å². The lowest BCUT2D eigenvalue weighted by atomic mass is 10.2. The molecule has 0 fully saturated rings. The maximum atomic E-state index is 12.4. The number of aromatic nitrogens is 3. The summed E-state index contributed by atoms with van der Waals surface area (Å²) in [5.74, 6) is 0.219. The van der Waals surface area contributed by atoms with Crippen LogP contribution in [0.15, 0.2) is 23.0 Å². The zero-order valence-electron chi connectivity index (χ0n) is 11.3. The van der Waals surface area contributed by atoms with Crippen molar-refractivity contribution in [2.75, 3.05) is 14.2 Å². The largest absolute Gasteiger partial charge is 0.493 e. The molecule has 0 saturated heterocycles. The van der Waals surface area contributed by atoms with Crippen LogP contribution in [0.1, 0.15) is 10.5 Å². The average molecular weight is 288 g/mol. The monoisotopic (exact) mass is 288 g/mol. The van der Waals surface area contributed by atoms with Crippen LogP contribution in [0.4, 0.5) is 0 Å². The molecule has 3 rings (SSSR count). The normalized spacial score (nSPS) is 11.0. The number of carbonyl (C=O) groups excluding carboxylic acids is 1. The van der Waals surface area contributed by atoms with E-state index in [9.17, 15) is 9.59 Å². The summed E-state index contributed by atoms with van der Waals surface area (Å²) < 4.78 is 11.5. The number of benzene rings is 1. The van der Waals surface area contributed by atoms with Crippen LogP contribution in [-0.4, -0.2) is 34.7 Å². The van der Waals surface area contributed by atoms with Gasteiger partial charge in [0.25, 0.3) is 11.5 Å². The van der Waals surface area contributed by atoms with Crippen LogP contribution in [0.3, 0.4) is 0 Å². The van der Waals surface area contributed by atoms with Gasteiger partial charge in [-0.15, -0.1) is 0 Å². The van der Waals surface area contributed by atoms with Gasteiger partial charge in [-0.05, 0) is 6.07 Å². The molecule has 108 valence electrons. The van der Waals surface area contributed by atoms with Gasteiger partial charge in [0.05, 0.1) is 25.1 Å². The highest BCUT2D eigenvalue weighted by molar-refractivity contribution is 5.92. The molecule has 1 amide bonds. The Kier molecular flexibility index (Phi) is 2.79. The molecule has 0 bridgehead atoms. The number of fused-ring (bicyclic) bond motifs is 2. The minimum Gasteiger partial charge on any atom is -0.493 e. The molecule has 0 aliphatic rings. The molecule has 0 aliphatic heterocycles. The first-order valence-electron chi connectivity index (χ1n) is 6.02. The van der Waals surface area contributed by atoms with E-state index in [0.29, 0.717) is 28.0 Å². The Morgan fingerprint density at radius 3 is 2.52 bits per heavy atom. The molecule has 2 heterocycles. The maximum Gasteiger partial charge on any atom is 0.280 e. The van der Waals surface area contributed by atoms with Crippen LogP contribution < -0.4 is 20.8 Å². The zero-order valence-corrected chi connectivity index (χ0v) is 11.3. The number of hydrogen-bond donors (Lipinski definition) is 2. The molecule has 8 nitrogen and oxygen atoms in total. The Bertz CT molecular complexity index is 925. The van der Waals surface area contributed by atoms with E-state index in [1.54, 1.807) is 12.1 Å². The van der Waals surface area contributed by atoms with Gasteiger partial charge in [-0.25, -0.2) is 9.50 Å². The summed E-state index contributed by atoms with van der Waals surface area (Å²) in [5.41, 5.74) is 5.68. The zero-order chi connectivity index (χ0) is 15.1. The number of rotatable bonds is 3. The average Bonchev–Trinajstić information content (AvgIpc) is 2.90. The van der Waals surface area contributed by atoms with Crippen LogP contribution in [0.25, 0.3) is 16.6 Å². The van der Waals surface area contributed by atoms with E-state index in [2.05, 4.69) is 10.1 Å². The molecule has 2 aromatic heterocycles. The van der Waals surface area contributed by atoms with Crippen molar-refractivity contribution in [1.29, 1.82) is 0 Å². The van der Waals surface area contributed by atoms with Gasteiger partial charge < -0.3 is 15.2 Å². The Morgan fingerprint density at radius 1 is 1.24 bits per heavy atom. The summed E-state index contributed by atoms with van der Waals surface area (Å²) in [7, 11) is 2.98. The summed E-state index contributed by atoms with van der Waals surface area (Å²) in [5, 5.41) is 2.95. The molecule has 8 heteroatoms. The summed E-state index contributed by atoms with van der Waals surface area (Å²) in [6.07, 6.45) is 0. The van der Waals surface area contributed by atoms with Gasteiger partial charge in [0.15, 0.2) is 17.1 Å². The second kappa shape index (κ2) is 4.51. The third-order valence-electron chi connectivity index (χ3n) is 3.17. The van der Waals surface area contributed by atoms with Gasteiger partial charge in [-0.3, -0.25) is 14.7 Å². The molecular formula is C13H12N4O4. The van der Waals surface area contributed by atoms with Crippen molar-refractivity contribution in [2.45, 2.75) is 0 Å². The van der Waals surface area contributed by atoms with Crippen LogP contribution >= 0.6 is 0 Å². The summed E-state index contributed by atoms with van der Waals surface area (Å²) in [6.45, 7) is 0. The van der Waals surface area contributed by atoms with Gasteiger partial charge in [0, 0.05) is 12.1 Å². The van der Waals surface area contributed by atoms with Crippen molar-refractivity contribution >= 4 is 22.5 Å². The lowest BCUT2D eigenvalue weighted by molar-refractivity contribution is 0.0995. The number of nitrogens with zero attached hydrogens (tertiary/aromatic N) is 2. The van der Waals surface area contributed by atoms with Crippen molar-refractivity contribution in [2.24, 2.45) is 5.73 Å². The molecule has 0 radical (unpaired) electrons. The Hall–Kier alpha value is -3.03. The maximum absolute atomic E-state index is 12.4. The molecule has 1 aromatic carbocycles. The minimum absolute atomic E-state index is 0.105. The topological polar surface area (TPSA) is 112 Å². The van der Waals surface area contributed by atoms with Crippen LogP contribution in [0, 0.1) is 0 Å². The highest BCUT2D eigenvalue weighted by Crippen LogP contribution is 2.30. The highest BCUT2D eigenvalue weighted by atomic mass is 16.5. The predicted molar refractivity (Wildman–Crippen MR) is 74.9 cm³/mol. The summed E-state index contributed by atoms with van der Waals surface area (Å²) >= 11 is 0. The molecule has 3 N–H and O–H groups in total. The number of aromatic amines is 1. The fraction of sp³-hybridized carbons (Fsp3) is 0.154. The Labute approximate surface area is 118 Å². The molecule has 0 unspecified atom stereocenters. The smallest absolute Gasteiger partial charge is 0.280 e. The lowest BCUT2D eigenvalue weighted by Crippen LogP contribution is -2.17. The fourth-order valence-electron chi connectivity index (χ4n) is 2.14. The van der Waals surface area contributed by atoms with Gasteiger partial charge >= 0.3 is 0 Å². The first-order chi connectivity index (χ1) is 10.0. The van der Waals surface area contributed by atoms with Crippen molar-refractivity contribution in [3.63, 3.8) is 0 Å². The summed E-state index contributed by atoms with van der Waals surface area (Å²) in [6, 6.07) is 4.56. The number of hydrogen-bond acceptors (Lipinski definition) is 5. The second-order valence-electron chi connectivity index (χ2n) is 4.37. The van der Waals surface area contributed by atoms with Crippen molar-refractivity contribution in [3.05, 3.63) is 34.2 Å². The molecular weight excluding hydrogens is 276 g/mol. The number of amides is 1. The number of methoxy groups -OCH3 is 2. The van der Waals surface area contributed by atoms with E-state index >= 15 is 0 Å². The van der Waals surface area contributed by atoms with E-state index in [1.807, 2.05) is 0 Å². The molecule has 0 saturated carbocycles. The Morgan fingerprint density at radius 2 is 1.90 bits per heavy atom. The van der Waals surface area contributed by atoms with Gasteiger partial charge in [0.1, 0.15) is 5.69 Å². The standard InChI is InChI=1S/C13H12N4O4/c1-20-9-3-6-7(4-10(9)21-2)15-11-5-8(12(14)18)16-17(11)13(6)19/h3-5,16H,1-2H3,(H2,14,18). The van der Waals surface area contributed by atoms with Crippen molar-refractivity contribution < 1.29 is 14.3 Å². The van der Waals surface area contributed by atoms with Crippen molar-refractivity contribution in [3.8, 4) is 11.5 Å². The molecule has 3 aromatic rings. The number of H-pyrrole nitrogens is 1. The first kappa shape index (κ1) is 13.0. The fourth-order valence-corrected chi connectivity index (χ4v) is 2.14. The third kappa shape index (κ3) is 1.88. The third-order valence-corrected chi connectivity index (χ3v) is 3.17. The number of primary amides is 1. The van der Waals surface area contributed by atoms with Crippen molar-refractivity contribution in [1.82, 2.24) is 14.6 Å². The Balaban J connectivity index is 2.41.